The predicted molar refractivity (Wildman–Crippen MR) is 266 cm³/mol. The average molecular weight is 821 g/mol. The maximum atomic E-state index is 5.02. The number of allylic oxidation sites excluding steroid dienone is 5. The molecule has 6 heteroatoms. The molecule has 6 nitrogen and oxygen atoms in total. The van der Waals surface area contributed by atoms with Crippen molar-refractivity contribution in [3.63, 3.8) is 0 Å². The fourth-order valence-electron chi connectivity index (χ4n) is 9.56. The summed E-state index contributed by atoms with van der Waals surface area (Å²) < 4.78 is 7.38. The Balaban J connectivity index is 1.10. The van der Waals surface area contributed by atoms with E-state index in [-0.39, 0.29) is 0 Å². The molecule has 0 aliphatic rings. The molecule has 0 N–H and O–H groups in total. The normalized spacial score (nSPS) is 12.1. The highest BCUT2D eigenvalue weighted by Gasteiger charge is 2.24. The lowest BCUT2D eigenvalue weighted by atomic mass is 10.1. The van der Waals surface area contributed by atoms with E-state index in [1.165, 1.54) is 37.8 Å². The van der Waals surface area contributed by atoms with Crippen molar-refractivity contribution in [1.29, 1.82) is 0 Å². The van der Waals surface area contributed by atoms with Gasteiger partial charge in [-0.05, 0) is 60.7 Å². The van der Waals surface area contributed by atoms with Crippen LogP contribution < -0.4 is 0 Å². The van der Waals surface area contributed by atoms with E-state index in [4.69, 9.17) is 15.0 Å². The third kappa shape index (κ3) is 5.99. The van der Waals surface area contributed by atoms with Crippen LogP contribution in [-0.2, 0) is 6.42 Å². The number of hydrogen-bond acceptors (Lipinski definition) is 3. The molecule has 0 atom stereocenters. The number of rotatable bonds is 9. The van der Waals surface area contributed by atoms with Crippen LogP contribution in [0.4, 0.5) is 0 Å². The Bertz CT molecular complexity index is 3810. The van der Waals surface area contributed by atoms with Gasteiger partial charge in [0.2, 0.25) is 0 Å². The van der Waals surface area contributed by atoms with E-state index in [9.17, 15) is 0 Å². The van der Waals surface area contributed by atoms with Gasteiger partial charge >= 0.3 is 0 Å². The molecule has 4 aromatic heterocycles. The zero-order valence-electron chi connectivity index (χ0n) is 34.9. The molecule has 0 spiro atoms. The summed E-state index contributed by atoms with van der Waals surface area (Å²) in [6.07, 6.45) is 10.2. The van der Waals surface area contributed by atoms with Crippen LogP contribution in [0.2, 0.25) is 0 Å². The smallest absolute Gasteiger partial charge is 0.163 e. The molecule has 8 aromatic carbocycles. The third-order valence-electron chi connectivity index (χ3n) is 12.3. The van der Waals surface area contributed by atoms with Crippen LogP contribution >= 0.6 is 0 Å². The maximum absolute atomic E-state index is 5.02. The van der Waals surface area contributed by atoms with E-state index in [1.54, 1.807) is 6.08 Å². The molecule has 0 bridgehead atoms. The van der Waals surface area contributed by atoms with Gasteiger partial charge in [-0.2, -0.15) is 0 Å². The summed E-state index contributed by atoms with van der Waals surface area (Å²) in [7, 11) is 0. The van der Waals surface area contributed by atoms with Crippen molar-refractivity contribution < 1.29 is 0 Å². The van der Waals surface area contributed by atoms with Crippen molar-refractivity contribution >= 4 is 65.4 Å². The molecule has 302 valence electrons. The van der Waals surface area contributed by atoms with Crippen LogP contribution in [0.15, 0.2) is 225 Å². The Kier molecular flexibility index (Phi) is 8.94. The van der Waals surface area contributed by atoms with Gasteiger partial charge in [-0.25, -0.2) is 15.0 Å². The van der Waals surface area contributed by atoms with Crippen LogP contribution in [0.3, 0.4) is 0 Å². The van der Waals surface area contributed by atoms with E-state index in [2.05, 4.69) is 184 Å². The second-order valence-corrected chi connectivity index (χ2v) is 16.0. The molecule has 0 radical (unpaired) electrons. The Morgan fingerprint density at radius 2 is 0.859 bits per heavy atom. The molecular weight excluding hydrogens is 781 g/mol. The number of aromatic nitrogens is 6. The van der Waals surface area contributed by atoms with Crippen molar-refractivity contribution in [1.82, 2.24) is 28.7 Å². The Labute approximate surface area is 369 Å². The average Bonchev–Trinajstić information content (AvgIpc) is 4.00. The molecule has 0 aliphatic heterocycles. The fraction of sp³-hybridized carbons (Fsp3) is 0.0172. The summed E-state index contributed by atoms with van der Waals surface area (Å²) in [5.41, 5.74) is 12.1. The second-order valence-electron chi connectivity index (χ2n) is 16.0. The number of benzene rings is 8. The zero-order chi connectivity index (χ0) is 42.6. The summed E-state index contributed by atoms with van der Waals surface area (Å²) in [6, 6.07) is 67.2. The first-order valence-corrected chi connectivity index (χ1v) is 21.6. The molecule has 0 saturated carbocycles. The minimum atomic E-state index is 0.570. The van der Waals surface area contributed by atoms with Crippen molar-refractivity contribution in [2.75, 3.05) is 0 Å². The Hall–Kier alpha value is -8.61. The van der Waals surface area contributed by atoms with E-state index in [0.717, 1.165) is 55.8 Å². The fourth-order valence-corrected chi connectivity index (χ4v) is 9.56. The number of hydrogen-bond donors (Lipinski definition) is 0. The summed E-state index contributed by atoms with van der Waals surface area (Å²) in [5, 5.41) is 7.23. The van der Waals surface area contributed by atoms with Crippen LogP contribution in [-0.4, -0.2) is 28.7 Å². The quantitative estimate of drug-likeness (QED) is 0.136. The zero-order valence-corrected chi connectivity index (χ0v) is 34.9. The molecule has 12 aromatic rings. The molecule has 12 rings (SSSR count). The molecular formula is C58H40N6. The van der Waals surface area contributed by atoms with Gasteiger partial charge in [0.15, 0.2) is 11.6 Å². The van der Waals surface area contributed by atoms with Gasteiger partial charge < -0.3 is 13.7 Å². The number of para-hydroxylation sites is 5. The first-order chi connectivity index (χ1) is 31.7. The van der Waals surface area contributed by atoms with E-state index in [0.29, 0.717) is 23.9 Å². The Morgan fingerprint density at radius 3 is 1.48 bits per heavy atom. The first kappa shape index (κ1) is 37.2. The predicted octanol–water partition coefficient (Wildman–Crippen LogP) is 14.3. The van der Waals surface area contributed by atoms with Gasteiger partial charge in [0.05, 0.1) is 38.8 Å². The standard InChI is InChI=1S/C58H40N6/c1-2-3-4-5-12-32-53-59-57(39-20-8-6-9-21-39)61-58(60-53)40-33-35-42(36-34-40)63-50-29-17-14-25-44(50)47-37-38-48-45-26-15-18-30-51(45)64(56(48)55(47)63)52-31-19-27-46-43-24-13-16-28-49(43)62(54(46)52)41-22-10-7-11-23-41/h2-31,33-38H,1,32H2/b4-3-,12-5-. The van der Waals surface area contributed by atoms with Crippen molar-refractivity contribution in [2.24, 2.45) is 0 Å². The molecule has 0 aliphatic carbocycles. The van der Waals surface area contributed by atoms with Gasteiger partial charge in [0.25, 0.3) is 0 Å². The van der Waals surface area contributed by atoms with Crippen LogP contribution in [0.5, 0.6) is 0 Å². The highest BCUT2D eigenvalue weighted by molar-refractivity contribution is 6.24. The molecule has 64 heavy (non-hydrogen) atoms. The maximum Gasteiger partial charge on any atom is 0.163 e. The van der Waals surface area contributed by atoms with Crippen molar-refractivity contribution in [2.45, 2.75) is 6.42 Å². The second kappa shape index (κ2) is 15.4. The summed E-state index contributed by atoms with van der Waals surface area (Å²) in [5.74, 6) is 1.99. The summed E-state index contributed by atoms with van der Waals surface area (Å²) in [6.45, 7) is 3.77. The van der Waals surface area contributed by atoms with E-state index in [1.807, 2.05) is 48.6 Å². The highest BCUT2D eigenvalue weighted by Crippen LogP contribution is 2.44. The molecule has 0 amide bonds. The van der Waals surface area contributed by atoms with Crippen LogP contribution in [0.1, 0.15) is 5.82 Å². The van der Waals surface area contributed by atoms with Gasteiger partial charge in [-0.1, -0.05) is 164 Å². The molecule has 0 saturated heterocycles. The largest absolute Gasteiger partial charge is 0.307 e. The number of nitrogens with zero attached hydrogens (tertiary/aromatic N) is 6. The third-order valence-corrected chi connectivity index (χ3v) is 12.3. The molecule has 0 fully saturated rings. The lowest BCUT2D eigenvalue weighted by Crippen LogP contribution is -2.03. The minimum absolute atomic E-state index is 0.570. The topological polar surface area (TPSA) is 53.5 Å². The van der Waals surface area contributed by atoms with Crippen LogP contribution in [0, 0.1) is 0 Å². The van der Waals surface area contributed by atoms with Gasteiger partial charge in [-0.15, -0.1) is 0 Å². The lowest BCUT2D eigenvalue weighted by molar-refractivity contribution is 0.947. The minimum Gasteiger partial charge on any atom is -0.307 e. The van der Waals surface area contributed by atoms with Gasteiger partial charge in [-0.3, -0.25) is 0 Å². The summed E-state index contributed by atoms with van der Waals surface area (Å²) in [4.78, 5) is 14.9. The first-order valence-electron chi connectivity index (χ1n) is 21.6. The summed E-state index contributed by atoms with van der Waals surface area (Å²) >= 11 is 0. The van der Waals surface area contributed by atoms with Gasteiger partial charge in [0, 0.05) is 61.2 Å². The number of fused-ring (bicyclic) bond motifs is 10. The van der Waals surface area contributed by atoms with Gasteiger partial charge in [0.1, 0.15) is 5.82 Å². The Morgan fingerprint density at radius 1 is 0.375 bits per heavy atom. The molecule has 0 unspecified atom stereocenters. The van der Waals surface area contributed by atoms with E-state index < -0.39 is 0 Å². The molecule has 4 heterocycles. The van der Waals surface area contributed by atoms with Crippen LogP contribution in [0.25, 0.3) is 105 Å². The van der Waals surface area contributed by atoms with E-state index >= 15 is 0 Å². The monoisotopic (exact) mass is 820 g/mol. The SMILES string of the molecule is C=C/C=C\C=C/Cc1nc(-c2ccccc2)nc(-c2ccc(-n3c4ccccc4c4ccc5c6ccccc6n(-c6cccc7c8ccccc8n(-c8ccccc8)c67)c5c43)cc2)n1. The lowest BCUT2D eigenvalue weighted by Gasteiger charge is -2.16. The highest BCUT2D eigenvalue weighted by atomic mass is 15.1. The van der Waals surface area contributed by atoms with Crippen molar-refractivity contribution in [3.05, 3.63) is 231 Å². The van der Waals surface area contributed by atoms with Crippen molar-refractivity contribution in [3.8, 4) is 39.8 Å².